The summed E-state index contributed by atoms with van der Waals surface area (Å²) in [5, 5.41) is 11.9. The summed E-state index contributed by atoms with van der Waals surface area (Å²) in [5.74, 6) is -0.204. The summed E-state index contributed by atoms with van der Waals surface area (Å²) in [4.78, 5) is 11.6. The fraction of sp³-hybridized carbons (Fsp3) is 0.500. The van der Waals surface area contributed by atoms with Crippen LogP contribution in [0.3, 0.4) is 0 Å². The van der Waals surface area contributed by atoms with Crippen molar-refractivity contribution in [3.05, 3.63) is 35.9 Å². The van der Waals surface area contributed by atoms with Crippen LogP contribution in [-0.2, 0) is 16.1 Å². The lowest BCUT2D eigenvalue weighted by atomic mass is 10.0. The molecular weight excluding hydrogens is 230 g/mol. The molecule has 0 aromatic heterocycles. The zero-order valence-corrected chi connectivity index (χ0v) is 11.0. The SMILES string of the molecule is CCC(C)(CO)NC(=O)COCc1ccccc1. The van der Waals surface area contributed by atoms with Crippen LogP contribution >= 0.6 is 0 Å². The maximum Gasteiger partial charge on any atom is 0.246 e. The van der Waals surface area contributed by atoms with Crippen LogP contribution in [0.4, 0.5) is 0 Å². The summed E-state index contributed by atoms with van der Waals surface area (Å²) in [6.45, 7) is 4.07. The standard InChI is InChI=1S/C14H21NO3/c1-3-14(2,11-16)15-13(17)10-18-9-12-7-5-4-6-8-12/h4-8,16H,3,9-11H2,1-2H3,(H,15,17). The second-order valence-electron chi connectivity index (χ2n) is 4.60. The van der Waals surface area contributed by atoms with Gasteiger partial charge in [-0.1, -0.05) is 37.3 Å². The minimum absolute atomic E-state index is 0.00445. The van der Waals surface area contributed by atoms with Crippen LogP contribution in [-0.4, -0.2) is 29.8 Å². The van der Waals surface area contributed by atoms with E-state index in [1.165, 1.54) is 0 Å². The molecular formula is C14H21NO3. The molecule has 0 spiro atoms. The lowest BCUT2D eigenvalue weighted by Gasteiger charge is -2.27. The van der Waals surface area contributed by atoms with E-state index in [1.54, 1.807) is 0 Å². The monoisotopic (exact) mass is 251 g/mol. The number of ether oxygens (including phenoxy) is 1. The minimum Gasteiger partial charge on any atom is -0.394 e. The molecule has 1 aromatic rings. The first-order chi connectivity index (χ1) is 8.59. The maximum absolute atomic E-state index is 11.6. The third-order valence-corrected chi connectivity index (χ3v) is 2.92. The average Bonchev–Trinajstić information content (AvgIpc) is 2.40. The van der Waals surface area contributed by atoms with Crippen molar-refractivity contribution in [2.45, 2.75) is 32.4 Å². The molecule has 0 heterocycles. The van der Waals surface area contributed by atoms with Gasteiger partial charge in [-0.3, -0.25) is 4.79 Å². The summed E-state index contributed by atoms with van der Waals surface area (Å²) in [6.07, 6.45) is 0.675. The van der Waals surface area contributed by atoms with Crippen LogP contribution in [0.2, 0.25) is 0 Å². The van der Waals surface area contributed by atoms with E-state index in [-0.39, 0.29) is 19.1 Å². The van der Waals surface area contributed by atoms with E-state index in [2.05, 4.69) is 5.32 Å². The van der Waals surface area contributed by atoms with Crippen molar-refractivity contribution in [1.82, 2.24) is 5.32 Å². The Morgan fingerprint density at radius 3 is 2.61 bits per heavy atom. The molecule has 100 valence electrons. The van der Waals surface area contributed by atoms with Crippen molar-refractivity contribution < 1.29 is 14.6 Å². The van der Waals surface area contributed by atoms with Gasteiger partial charge in [-0.15, -0.1) is 0 Å². The molecule has 1 unspecified atom stereocenters. The molecule has 0 saturated heterocycles. The zero-order valence-electron chi connectivity index (χ0n) is 11.0. The van der Waals surface area contributed by atoms with Gasteiger partial charge in [-0.2, -0.15) is 0 Å². The van der Waals surface area contributed by atoms with Crippen LogP contribution in [0.5, 0.6) is 0 Å². The Labute approximate surface area is 108 Å². The van der Waals surface area contributed by atoms with E-state index < -0.39 is 5.54 Å². The van der Waals surface area contributed by atoms with E-state index in [1.807, 2.05) is 44.2 Å². The van der Waals surface area contributed by atoms with Crippen molar-refractivity contribution in [1.29, 1.82) is 0 Å². The van der Waals surface area contributed by atoms with Gasteiger partial charge < -0.3 is 15.2 Å². The van der Waals surface area contributed by atoms with Gasteiger partial charge in [0.05, 0.1) is 18.8 Å². The highest BCUT2D eigenvalue weighted by Gasteiger charge is 2.22. The largest absolute Gasteiger partial charge is 0.394 e. The van der Waals surface area contributed by atoms with Crippen molar-refractivity contribution in [3.8, 4) is 0 Å². The number of hydrogen-bond donors (Lipinski definition) is 2. The van der Waals surface area contributed by atoms with Crippen molar-refractivity contribution in [2.75, 3.05) is 13.2 Å². The molecule has 1 atom stereocenters. The van der Waals surface area contributed by atoms with Crippen molar-refractivity contribution in [3.63, 3.8) is 0 Å². The first-order valence-electron chi connectivity index (χ1n) is 6.13. The van der Waals surface area contributed by atoms with Crippen LogP contribution in [0, 0.1) is 0 Å². The zero-order chi connectivity index (χ0) is 13.4. The van der Waals surface area contributed by atoms with Crippen molar-refractivity contribution >= 4 is 5.91 Å². The Balaban J connectivity index is 2.30. The second-order valence-corrected chi connectivity index (χ2v) is 4.60. The van der Waals surface area contributed by atoms with Gasteiger partial charge >= 0.3 is 0 Å². The number of aliphatic hydroxyl groups is 1. The fourth-order valence-electron chi connectivity index (χ4n) is 1.45. The molecule has 0 fully saturated rings. The Kier molecular flexibility index (Phi) is 5.82. The number of benzene rings is 1. The Morgan fingerprint density at radius 2 is 2.06 bits per heavy atom. The van der Waals surface area contributed by atoms with Gasteiger partial charge in [0, 0.05) is 0 Å². The summed E-state index contributed by atoms with van der Waals surface area (Å²) < 4.78 is 5.32. The second kappa shape index (κ2) is 7.13. The van der Waals surface area contributed by atoms with Crippen molar-refractivity contribution in [2.24, 2.45) is 0 Å². The highest BCUT2D eigenvalue weighted by molar-refractivity contribution is 5.78. The van der Waals surface area contributed by atoms with E-state index in [9.17, 15) is 9.90 Å². The van der Waals surface area contributed by atoms with E-state index in [0.29, 0.717) is 13.0 Å². The van der Waals surface area contributed by atoms with Crippen LogP contribution in [0.25, 0.3) is 0 Å². The molecule has 4 nitrogen and oxygen atoms in total. The average molecular weight is 251 g/mol. The molecule has 0 aliphatic heterocycles. The molecule has 1 aromatic carbocycles. The summed E-state index contributed by atoms with van der Waals surface area (Å²) in [6, 6.07) is 9.69. The van der Waals surface area contributed by atoms with E-state index in [0.717, 1.165) is 5.56 Å². The fourth-order valence-corrected chi connectivity index (χ4v) is 1.45. The van der Waals surface area contributed by atoms with Crippen LogP contribution in [0.1, 0.15) is 25.8 Å². The number of aliphatic hydroxyl groups excluding tert-OH is 1. The molecule has 1 amide bonds. The highest BCUT2D eigenvalue weighted by atomic mass is 16.5. The van der Waals surface area contributed by atoms with E-state index >= 15 is 0 Å². The summed E-state index contributed by atoms with van der Waals surface area (Å²) in [7, 11) is 0. The normalized spacial score (nSPS) is 13.9. The predicted octanol–water partition coefficient (Wildman–Crippen LogP) is 1.48. The Bertz CT molecular complexity index is 361. The molecule has 1 rings (SSSR count). The van der Waals surface area contributed by atoms with Gasteiger partial charge in [0.25, 0.3) is 0 Å². The molecule has 0 aliphatic carbocycles. The van der Waals surface area contributed by atoms with Gasteiger partial charge in [0.1, 0.15) is 6.61 Å². The molecule has 0 bridgehead atoms. The number of amides is 1. The molecule has 2 N–H and O–H groups in total. The van der Waals surface area contributed by atoms with Gasteiger partial charge in [0.2, 0.25) is 5.91 Å². The van der Waals surface area contributed by atoms with Gasteiger partial charge in [0.15, 0.2) is 0 Å². The van der Waals surface area contributed by atoms with Gasteiger partial charge in [-0.25, -0.2) is 0 Å². The Hall–Kier alpha value is -1.39. The number of hydrogen-bond acceptors (Lipinski definition) is 3. The lowest BCUT2D eigenvalue weighted by molar-refractivity contribution is -0.128. The summed E-state index contributed by atoms with van der Waals surface area (Å²) >= 11 is 0. The third kappa shape index (κ3) is 4.85. The number of carbonyl (C=O) groups excluding carboxylic acids is 1. The predicted molar refractivity (Wildman–Crippen MR) is 70.0 cm³/mol. The molecule has 0 saturated carbocycles. The molecule has 0 radical (unpaired) electrons. The quantitative estimate of drug-likeness (QED) is 0.771. The topological polar surface area (TPSA) is 58.6 Å². The third-order valence-electron chi connectivity index (χ3n) is 2.92. The molecule has 18 heavy (non-hydrogen) atoms. The number of carbonyl (C=O) groups is 1. The number of nitrogens with one attached hydrogen (secondary N) is 1. The smallest absolute Gasteiger partial charge is 0.246 e. The lowest BCUT2D eigenvalue weighted by Crippen LogP contribution is -2.49. The first-order valence-corrected chi connectivity index (χ1v) is 6.13. The van der Waals surface area contributed by atoms with E-state index in [4.69, 9.17) is 4.74 Å². The summed E-state index contributed by atoms with van der Waals surface area (Å²) in [5.41, 5.74) is 0.471. The molecule has 0 aliphatic rings. The Morgan fingerprint density at radius 1 is 1.39 bits per heavy atom. The highest BCUT2D eigenvalue weighted by Crippen LogP contribution is 2.07. The number of rotatable bonds is 7. The molecule has 4 heteroatoms. The van der Waals surface area contributed by atoms with Crippen LogP contribution < -0.4 is 5.32 Å². The first kappa shape index (κ1) is 14.7. The maximum atomic E-state index is 11.6. The van der Waals surface area contributed by atoms with Gasteiger partial charge in [-0.05, 0) is 18.9 Å². The minimum atomic E-state index is -0.562. The van der Waals surface area contributed by atoms with Crippen LogP contribution in [0.15, 0.2) is 30.3 Å².